The van der Waals surface area contributed by atoms with E-state index in [0.29, 0.717) is 28.5 Å². The van der Waals surface area contributed by atoms with Crippen LogP contribution in [0.5, 0.6) is 11.5 Å². The monoisotopic (exact) mass is 304 g/mol. The number of nitrogens with zero attached hydrogens (tertiary/aromatic N) is 3. The number of H-pyrrole nitrogens is 1. The molecule has 2 aromatic heterocycles. The molecule has 0 saturated carbocycles. The summed E-state index contributed by atoms with van der Waals surface area (Å²) in [7, 11) is 0. The summed E-state index contributed by atoms with van der Waals surface area (Å²) in [6, 6.07) is 10.9. The Balaban J connectivity index is 2.02. The van der Waals surface area contributed by atoms with Crippen LogP contribution in [0.3, 0.4) is 0 Å². The molecule has 3 rings (SSSR count). The van der Waals surface area contributed by atoms with Crippen LogP contribution in [0.1, 0.15) is 0 Å². The van der Waals surface area contributed by atoms with Crippen molar-refractivity contribution in [2.45, 2.75) is 0 Å². The Kier molecular flexibility index (Phi) is 4.08. The maximum absolute atomic E-state index is 8.75. The highest BCUT2D eigenvalue weighted by molar-refractivity contribution is 5.77. The maximum atomic E-state index is 8.75. The van der Waals surface area contributed by atoms with Gasteiger partial charge in [0.1, 0.15) is 30.0 Å². The average Bonchev–Trinajstić information content (AvgIpc) is 3.02. The molecular formula is C17H12N4O2. The molecule has 112 valence electrons. The topological polar surface area (TPSA) is 83.8 Å². The molecule has 23 heavy (non-hydrogen) atoms. The lowest BCUT2D eigenvalue weighted by Crippen LogP contribution is -1.99. The minimum atomic E-state index is -0.0793. The van der Waals surface area contributed by atoms with Crippen LogP contribution in [0.2, 0.25) is 0 Å². The highest BCUT2D eigenvalue weighted by Crippen LogP contribution is 2.32. The molecule has 0 spiro atoms. The van der Waals surface area contributed by atoms with Crippen LogP contribution in [-0.2, 0) is 0 Å². The molecule has 3 aromatic rings. The molecule has 2 heterocycles. The van der Waals surface area contributed by atoms with Crippen molar-refractivity contribution in [3.63, 3.8) is 0 Å². The second-order valence-electron chi connectivity index (χ2n) is 4.56. The number of fused-ring (bicyclic) bond motifs is 1. The predicted molar refractivity (Wildman–Crippen MR) is 84.8 cm³/mol. The molecule has 0 aliphatic rings. The van der Waals surface area contributed by atoms with Crippen molar-refractivity contribution in [3.8, 4) is 41.3 Å². The first-order chi connectivity index (χ1) is 11.3. The second kappa shape index (κ2) is 6.50. The Morgan fingerprint density at radius 1 is 1.22 bits per heavy atom. The van der Waals surface area contributed by atoms with Crippen LogP contribution in [0, 0.1) is 23.7 Å². The van der Waals surface area contributed by atoms with E-state index in [1.807, 2.05) is 18.2 Å². The summed E-state index contributed by atoms with van der Waals surface area (Å²) < 4.78 is 10.9. The van der Waals surface area contributed by atoms with E-state index in [0.717, 1.165) is 5.52 Å². The lowest BCUT2D eigenvalue weighted by atomic mass is 10.2. The molecule has 0 atom stereocenters. The van der Waals surface area contributed by atoms with E-state index >= 15 is 0 Å². The summed E-state index contributed by atoms with van der Waals surface area (Å²) in [6.07, 6.45) is 6.86. The Morgan fingerprint density at radius 2 is 2.13 bits per heavy atom. The number of benzene rings is 1. The van der Waals surface area contributed by atoms with Crippen molar-refractivity contribution >= 4 is 11.2 Å². The molecule has 0 bridgehead atoms. The molecule has 0 aliphatic carbocycles. The van der Waals surface area contributed by atoms with Gasteiger partial charge in [0.15, 0.2) is 12.3 Å². The van der Waals surface area contributed by atoms with Gasteiger partial charge in [-0.15, -0.1) is 6.42 Å². The van der Waals surface area contributed by atoms with E-state index in [9.17, 15) is 0 Å². The van der Waals surface area contributed by atoms with Crippen molar-refractivity contribution in [2.24, 2.45) is 0 Å². The van der Waals surface area contributed by atoms with Crippen molar-refractivity contribution < 1.29 is 9.47 Å². The molecule has 0 amide bonds. The molecule has 6 nitrogen and oxygen atoms in total. The fourth-order valence-corrected chi connectivity index (χ4v) is 2.12. The Hall–Kier alpha value is -3.51. The van der Waals surface area contributed by atoms with E-state index in [4.69, 9.17) is 21.2 Å². The van der Waals surface area contributed by atoms with Crippen LogP contribution in [-0.4, -0.2) is 28.2 Å². The van der Waals surface area contributed by atoms with E-state index < -0.39 is 0 Å². The molecule has 0 radical (unpaired) electrons. The molecule has 0 unspecified atom stereocenters. The highest BCUT2D eigenvalue weighted by Gasteiger charge is 2.13. The molecule has 0 fully saturated rings. The van der Waals surface area contributed by atoms with Gasteiger partial charge >= 0.3 is 0 Å². The SMILES string of the molecule is C#CCOc1ccc(-c2nc3ncccc3[nH]2)c(OCC#N)c1. The standard InChI is InChI=1S/C17H12N4O2/c1-2-9-22-12-5-6-13(15(11-12)23-10-7-18)16-20-14-4-3-8-19-17(14)21-16/h1,3-6,8,11H,9-10H2,(H,19,20,21). The van der Waals surface area contributed by atoms with Crippen molar-refractivity contribution in [1.29, 1.82) is 5.26 Å². The number of pyridine rings is 1. The maximum Gasteiger partial charge on any atom is 0.178 e. The molecule has 1 aromatic carbocycles. The molecule has 0 saturated heterocycles. The average molecular weight is 304 g/mol. The van der Waals surface area contributed by atoms with Gasteiger partial charge in [0.25, 0.3) is 0 Å². The highest BCUT2D eigenvalue weighted by atomic mass is 16.5. The van der Waals surface area contributed by atoms with E-state index in [-0.39, 0.29) is 13.2 Å². The lowest BCUT2D eigenvalue weighted by molar-refractivity contribution is 0.351. The van der Waals surface area contributed by atoms with Gasteiger partial charge in [-0.25, -0.2) is 9.97 Å². The van der Waals surface area contributed by atoms with Crippen molar-refractivity contribution in [1.82, 2.24) is 15.0 Å². The number of imidazole rings is 1. The zero-order valence-electron chi connectivity index (χ0n) is 12.1. The second-order valence-corrected chi connectivity index (χ2v) is 4.56. The van der Waals surface area contributed by atoms with Gasteiger partial charge in [0.2, 0.25) is 0 Å². The third-order valence-electron chi connectivity index (χ3n) is 3.08. The van der Waals surface area contributed by atoms with Crippen LogP contribution in [0.25, 0.3) is 22.6 Å². The van der Waals surface area contributed by atoms with Gasteiger partial charge in [-0.2, -0.15) is 5.26 Å². The predicted octanol–water partition coefficient (Wildman–Crippen LogP) is 2.54. The Morgan fingerprint density at radius 3 is 2.91 bits per heavy atom. The van der Waals surface area contributed by atoms with Gasteiger partial charge < -0.3 is 14.5 Å². The minimum absolute atomic E-state index is 0.0793. The normalized spacial score (nSPS) is 10.0. The van der Waals surface area contributed by atoms with Gasteiger partial charge in [0.05, 0.1) is 11.1 Å². The molecule has 6 heteroatoms. The Labute approximate surface area is 132 Å². The number of aromatic nitrogens is 3. The number of terminal acetylenes is 1. The van der Waals surface area contributed by atoms with E-state index in [1.54, 1.807) is 24.4 Å². The lowest BCUT2D eigenvalue weighted by Gasteiger charge is -2.10. The van der Waals surface area contributed by atoms with Crippen LogP contribution in [0.4, 0.5) is 0 Å². The first-order valence-electron chi connectivity index (χ1n) is 6.83. The third kappa shape index (κ3) is 3.07. The van der Waals surface area contributed by atoms with Crippen LogP contribution < -0.4 is 9.47 Å². The van der Waals surface area contributed by atoms with Gasteiger partial charge in [0, 0.05) is 12.3 Å². The summed E-state index contributed by atoms with van der Waals surface area (Å²) >= 11 is 0. The third-order valence-corrected chi connectivity index (χ3v) is 3.08. The van der Waals surface area contributed by atoms with E-state index in [2.05, 4.69) is 20.9 Å². The number of ether oxygens (including phenoxy) is 2. The van der Waals surface area contributed by atoms with Gasteiger partial charge in [-0.3, -0.25) is 0 Å². The summed E-state index contributed by atoms with van der Waals surface area (Å²) in [4.78, 5) is 11.8. The van der Waals surface area contributed by atoms with Crippen molar-refractivity contribution in [3.05, 3.63) is 36.5 Å². The zero-order valence-corrected chi connectivity index (χ0v) is 12.1. The molecule has 1 N–H and O–H groups in total. The smallest absolute Gasteiger partial charge is 0.178 e. The largest absolute Gasteiger partial charge is 0.481 e. The summed E-state index contributed by atoms with van der Waals surface area (Å²) in [5.74, 6) is 4.06. The van der Waals surface area contributed by atoms with E-state index in [1.165, 1.54) is 0 Å². The summed E-state index contributed by atoms with van der Waals surface area (Å²) in [6.45, 7) is 0.0790. The number of nitrogens with one attached hydrogen (secondary N) is 1. The fraction of sp³-hybridized carbons (Fsp3) is 0.118. The minimum Gasteiger partial charge on any atom is -0.481 e. The molecule has 0 aliphatic heterocycles. The summed E-state index contributed by atoms with van der Waals surface area (Å²) in [5.41, 5.74) is 2.15. The first kappa shape index (κ1) is 14.4. The number of rotatable bonds is 5. The van der Waals surface area contributed by atoms with Crippen molar-refractivity contribution in [2.75, 3.05) is 13.2 Å². The number of hydrogen-bond acceptors (Lipinski definition) is 5. The quantitative estimate of drug-likeness (QED) is 0.732. The van der Waals surface area contributed by atoms with Crippen LogP contribution in [0.15, 0.2) is 36.5 Å². The molecular weight excluding hydrogens is 292 g/mol. The number of aromatic amines is 1. The Bertz CT molecular complexity index is 885. The fourth-order valence-electron chi connectivity index (χ4n) is 2.12. The summed E-state index contributed by atoms with van der Waals surface area (Å²) in [5, 5.41) is 8.75. The first-order valence-corrected chi connectivity index (χ1v) is 6.83. The number of nitriles is 1. The van der Waals surface area contributed by atoms with Crippen LogP contribution >= 0.6 is 0 Å². The van der Waals surface area contributed by atoms with Gasteiger partial charge in [-0.05, 0) is 24.3 Å². The van der Waals surface area contributed by atoms with Gasteiger partial charge in [-0.1, -0.05) is 5.92 Å². The zero-order chi connectivity index (χ0) is 16.1. The number of hydrogen-bond donors (Lipinski definition) is 1.